The molecule has 0 aliphatic heterocycles. The number of hydrogen-bond donors (Lipinski definition) is 0. The van der Waals surface area contributed by atoms with Gasteiger partial charge in [-0.25, -0.2) is 0 Å². The molecule has 0 atom stereocenters. The predicted molar refractivity (Wildman–Crippen MR) is 133 cm³/mol. The minimum atomic E-state index is -1.84. The molecule has 0 aromatic heterocycles. The van der Waals surface area contributed by atoms with Gasteiger partial charge in [0.05, 0.1) is 0 Å². The summed E-state index contributed by atoms with van der Waals surface area (Å²) in [7, 11) is 0. The number of benzene rings is 3. The second-order valence-electron chi connectivity index (χ2n) is 11.0. The zero-order valence-corrected chi connectivity index (χ0v) is 22.7. The van der Waals surface area contributed by atoms with Gasteiger partial charge in [0.25, 0.3) is 0 Å². The van der Waals surface area contributed by atoms with Gasteiger partial charge in [0.2, 0.25) is 0 Å². The molecule has 0 aliphatic carbocycles. The fourth-order valence-corrected chi connectivity index (χ4v) is 16.7. The van der Waals surface area contributed by atoms with Crippen LogP contribution in [0.5, 0.6) is 0 Å². The van der Waals surface area contributed by atoms with Crippen LogP contribution in [-0.2, 0) is 38.0 Å². The molecule has 3 aromatic carbocycles. The van der Waals surface area contributed by atoms with Gasteiger partial charge in [-0.05, 0) is 0 Å². The van der Waals surface area contributed by atoms with Crippen LogP contribution < -0.4 is 0 Å². The Bertz CT molecular complexity index is 797. The average molecular weight is 491 g/mol. The summed E-state index contributed by atoms with van der Waals surface area (Å²) < 4.78 is 4.14. The van der Waals surface area contributed by atoms with E-state index in [1.165, 1.54) is 29.1 Å². The van der Waals surface area contributed by atoms with Crippen LogP contribution in [0, 0.1) is 0 Å². The van der Waals surface area contributed by atoms with Crippen molar-refractivity contribution >= 4 is 0 Å². The maximum atomic E-state index is 2.47. The summed E-state index contributed by atoms with van der Waals surface area (Å²) in [5.74, 6) is 0. The van der Waals surface area contributed by atoms with Crippen molar-refractivity contribution in [1.82, 2.24) is 0 Å². The Balaban J connectivity index is 1.90. The Morgan fingerprint density at radius 1 is 0.419 bits per heavy atom. The molecule has 3 aromatic rings. The van der Waals surface area contributed by atoms with Crippen molar-refractivity contribution in [2.24, 2.45) is 0 Å². The van der Waals surface area contributed by atoms with Crippen molar-refractivity contribution in [1.29, 1.82) is 0 Å². The first kappa shape index (κ1) is 24.2. The minimum absolute atomic E-state index is 0.232. The third kappa shape index (κ3) is 6.52. The first-order valence-corrected chi connectivity index (χ1v) is 16.8. The second-order valence-corrected chi connectivity index (χ2v) is 17.3. The first-order valence-electron chi connectivity index (χ1n) is 11.6. The van der Waals surface area contributed by atoms with Crippen LogP contribution in [0.3, 0.4) is 0 Å². The Labute approximate surface area is 198 Å². The predicted octanol–water partition coefficient (Wildman–Crippen LogP) is 8.79. The van der Waals surface area contributed by atoms with E-state index in [-0.39, 0.29) is 16.2 Å². The quantitative estimate of drug-likeness (QED) is 0.281. The van der Waals surface area contributed by atoms with Crippen LogP contribution in [0.25, 0.3) is 0 Å². The molecular formula is C30H39Zr. The van der Waals surface area contributed by atoms with Crippen molar-refractivity contribution < 1.29 is 21.8 Å². The van der Waals surface area contributed by atoms with E-state index in [2.05, 4.69) is 133 Å². The topological polar surface area (TPSA) is 0 Å². The zero-order valence-electron chi connectivity index (χ0n) is 20.3. The standard InChI is InChI=1S/3C10H13.Zr/c3*1-10(2,3)9-7-5-4-6-8-9;/h3*4-8H,1H2,2-3H3;. The van der Waals surface area contributed by atoms with Crippen LogP contribution in [0.4, 0.5) is 0 Å². The molecule has 0 unspecified atom stereocenters. The van der Waals surface area contributed by atoms with Crippen LogP contribution >= 0.6 is 0 Å². The van der Waals surface area contributed by atoms with E-state index < -0.39 is 21.8 Å². The Morgan fingerprint density at radius 2 is 0.645 bits per heavy atom. The van der Waals surface area contributed by atoms with Gasteiger partial charge in [-0.2, -0.15) is 0 Å². The summed E-state index contributed by atoms with van der Waals surface area (Å²) in [4.78, 5) is 0. The molecule has 31 heavy (non-hydrogen) atoms. The van der Waals surface area contributed by atoms with E-state index in [9.17, 15) is 0 Å². The first-order chi connectivity index (χ1) is 14.6. The molecule has 0 saturated carbocycles. The molecule has 0 radical (unpaired) electrons. The molecule has 0 heterocycles. The molecule has 0 fully saturated rings. The van der Waals surface area contributed by atoms with Crippen molar-refractivity contribution in [2.45, 2.75) is 70.2 Å². The van der Waals surface area contributed by atoms with Crippen LogP contribution in [-0.4, -0.2) is 0 Å². The number of hydrogen-bond acceptors (Lipinski definition) is 0. The molecule has 0 N–H and O–H groups in total. The summed E-state index contributed by atoms with van der Waals surface area (Å²) in [6.07, 6.45) is 0. The fourth-order valence-electron chi connectivity index (χ4n) is 5.04. The van der Waals surface area contributed by atoms with E-state index in [0.717, 1.165) is 0 Å². The van der Waals surface area contributed by atoms with Crippen LogP contribution in [0.15, 0.2) is 91.0 Å². The summed E-state index contributed by atoms with van der Waals surface area (Å²) in [5.41, 5.74) is 5.16. The molecular weight excluding hydrogens is 452 g/mol. The van der Waals surface area contributed by atoms with Gasteiger partial charge in [-0.15, -0.1) is 0 Å². The molecule has 163 valence electrons. The SMILES string of the molecule is CC(C)([CH2][Zr]([CH2]C(C)(C)c1ccccc1)[CH2]C(C)(C)c1ccccc1)c1ccccc1. The van der Waals surface area contributed by atoms with Gasteiger partial charge < -0.3 is 0 Å². The zero-order chi connectivity index (χ0) is 22.5. The van der Waals surface area contributed by atoms with Crippen molar-refractivity contribution in [3.05, 3.63) is 108 Å². The average Bonchev–Trinajstić information content (AvgIpc) is 2.75. The molecule has 0 aliphatic rings. The van der Waals surface area contributed by atoms with Gasteiger partial charge in [0.15, 0.2) is 0 Å². The molecule has 3 rings (SSSR count). The third-order valence-corrected chi connectivity index (χ3v) is 16.9. The van der Waals surface area contributed by atoms with E-state index in [0.29, 0.717) is 0 Å². The van der Waals surface area contributed by atoms with Crippen LogP contribution in [0.1, 0.15) is 58.2 Å². The molecule has 0 bridgehead atoms. The van der Waals surface area contributed by atoms with E-state index >= 15 is 0 Å². The van der Waals surface area contributed by atoms with Gasteiger partial charge in [0.1, 0.15) is 0 Å². The Kier molecular flexibility index (Phi) is 7.80. The van der Waals surface area contributed by atoms with E-state index in [1.54, 1.807) is 0 Å². The summed E-state index contributed by atoms with van der Waals surface area (Å²) in [6.45, 7) is 14.8. The normalized spacial score (nSPS) is 12.6. The van der Waals surface area contributed by atoms with E-state index in [1.807, 2.05) is 0 Å². The fraction of sp³-hybridized carbons (Fsp3) is 0.400. The third-order valence-electron chi connectivity index (χ3n) is 6.74. The summed E-state index contributed by atoms with van der Waals surface area (Å²) >= 11 is -1.84. The van der Waals surface area contributed by atoms with Crippen molar-refractivity contribution in [3.8, 4) is 0 Å². The van der Waals surface area contributed by atoms with Crippen LogP contribution in [0.2, 0.25) is 12.4 Å². The monoisotopic (exact) mass is 489 g/mol. The van der Waals surface area contributed by atoms with Gasteiger partial charge >= 0.3 is 200 Å². The van der Waals surface area contributed by atoms with Crippen molar-refractivity contribution in [3.63, 3.8) is 0 Å². The van der Waals surface area contributed by atoms with Gasteiger partial charge in [0, 0.05) is 0 Å². The van der Waals surface area contributed by atoms with Crippen molar-refractivity contribution in [2.75, 3.05) is 0 Å². The molecule has 0 amide bonds. The summed E-state index contributed by atoms with van der Waals surface area (Å²) in [5, 5.41) is 0. The second kappa shape index (κ2) is 10.00. The van der Waals surface area contributed by atoms with E-state index in [4.69, 9.17) is 0 Å². The Hall–Kier alpha value is -1.46. The summed E-state index contributed by atoms with van der Waals surface area (Å²) in [6, 6.07) is 33.5. The molecule has 0 nitrogen and oxygen atoms in total. The molecule has 0 spiro atoms. The molecule has 1 heteroatoms. The number of rotatable bonds is 9. The van der Waals surface area contributed by atoms with Gasteiger partial charge in [-0.1, -0.05) is 0 Å². The van der Waals surface area contributed by atoms with Gasteiger partial charge in [-0.3, -0.25) is 0 Å². The maximum absolute atomic E-state index is 2.47. The Morgan fingerprint density at radius 3 is 0.871 bits per heavy atom. The molecule has 0 saturated heterocycles.